The zero-order valence-electron chi connectivity index (χ0n) is 13.3. The van der Waals surface area contributed by atoms with E-state index in [1.165, 1.54) is 0 Å². The molecule has 5 nitrogen and oxygen atoms in total. The number of phenolic OH excluding ortho intramolecular Hbond substituents is 2. The number of hydrogen-bond donors (Lipinski definition) is 2. The largest absolute Gasteiger partial charge is 0.506 e. The molecule has 4 rings (SSSR count). The number of benzene rings is 3. The average Bonchev–Trinajstić information content (AvgIpc) is 2.90. The number of nitrogens with zero attached hydrogens (tertiary/aromatic N) is 1. The number of carbonyl (C=O) groups is 2. The number of aromatic hydroxyl groups is 2. The van der Waals surface area contributed by atoms with Crippen LogP contribution in [-0.2, 0) is 6.42 Å². The first-order valence-electron chi connectivity index (χ1n) is 7.96. The molecular formula is C20H15NO4. The smallest absolute Gasteiger partial charge is 0.265 e. The van der Waals surface area contributed by atoms with Gasteiger partial charge in [-0.3, -0.25) is 14.5 Å². The maximum Gasteiger partial charge on any atom is 0.265 e. The molecule has 25 heavy (non-hydrogen) atoms. The fraction of sp³-hybridized carbons (Fsp3) is 0.100. The minimum Gasteiger partial charge on any atom is -0.506 e. The number of imide groups is 1. The Balaban J connectivity index is 1.76. The monoisotopic (exact) mass is 333 g/mol. The maximum atomic E-state index is 12.7. The minimum atomic E-state index is -0.575. The zero-order valence-corrected chi connectivity index (χ0v) is 13.3. The van der Waals surface area contributed by atoms with Crippen LogP contribution < -0.4 is 0 Å². The number of rotatable bonds is 3. The molecule has 3 aromatic rings. The first-order chi connectivity index (χ1) is 12.1. The number of hydrogen-bond acceptors (Lipinski definition) is 4. The molecule has 0 aromatic heterocycles. The second kappa shape index (κ2) is 5.63. The first kappa shape index (κ1) is 15.2. The van der Waals surface area contributed by atoms with Crippen LogP contribution in [0.15, 0.2) is 54.6 Å². The number of phenols is 2. The van der Waals surface area contributed by atoms with E-state index in [0.29, 0.717) is 17.2 Å². The van der Waals surface area contributed by atoms with Gasteiger partial charge in [-0.1, -0.05) is 54.6 Å². The van der Waals surface area contributed by atoms with Crippen LogP contribution in [-0.4, -0.2) is 33.5 Å². The summed E-state index contributed by atoms with van der Waals surface area (Å²) in [5, 5.41) is 21.7. The van der Waals surface area contributed by atoms with Crippen LogP contribution in [0.25, 0.3) is 10.8 Å². The topological polar surface area (TPSA) is 77.8 Å². The van der Waals surface area contributed by atoms with Crippen LogP contribution in [0.3, 0.4) is 0 Å². The summed E-state index contributed by atoms with van der Waals surface area (Å²) in [5.41, 5.74) is 0.765. The zero-order chi connectivity index (χ0) is 17.6. The van der Waals surface area contributed by atoms with Crippen molar-refractivity contribution in [1.29, 1.82) is 0 Å². The molecule has 3 aromatic carbocycles. The van der Waals surface area contributed by atoms with Crippen LogP contribution in [0.4, 0.5) is 0 Å². The third kappa shape index (κ3) is 2.24. The number of fused-ring (bicyclic) bond motifs is 2. The third-order valence-corrected chi connectivity index (χ3v) is 4.55. The van der Waals surface area contributed by atoms with Gasteiger partial charge in [-0.2, -0.15) is 0 Å². The van der Waals surface area contributed by atoms with Crippen molar-refractivity contribution in [3.8, 4) is 11.5 Å². The van der Waals surface area contributed by atoms with Crippen LogP contribution in [0.1, 0.15) is 26.3 Å². The Hall–Kier alpha value is -3.34. The van der Waals surface area contributed by atoms with E-state index < -0.39 is 11.8 Å². The second-order valence-corrected chi connectivity index (χ2v) is 5.99. The Bertz CT molecular complexity index is 951. The molecule has 0 saturated carbocycles. The summed E-state index contributed by atoms with van der Waals surface area (Å²) in [5.74, 6) is -1.67. The van der Waals surface area contributed by atoms with Crippen LogP contribution in [0.2, 0.25) is 0 Å². The molecule has 2 N–H and O–H groups in total. The standard InChI is InChI=1S/C20H15NO4/c22-17-13-8-4-5-9-14(13)18(23)16-15(17)19(24)21(20(16)25)11-10-12-6-2-1-3-7-12/h1-9,22-23H,10-11H2. The molecular weight excluding hydrogens is 318 g/mol. The van der Waals surface area contributed by atoms with Gasteiger partial charge in [0.05, 0.1) is 11.1 Å². The van der Waals surface area contributed by atoms with Crippen LogP contribution >= 0.6 is 0 Å². The highest BCUT2D eigenvalue weighted by Gasteiger charge is 2.41. The molecule has 0 aliphatic carbocycles. The van der Waals surface area contributed by atoms with Crippen molar-refractivity contribution < 1.29 is 19.8 Å². The third-order valence-electron chi connectivity index (χ3n) is 4.55. The molecule has 0 atom stereocenters. The van der Waals surface area contributed by atoms with E-state index in [4.69, 9.17) is 0 Å². The Kier molecular flexibility index (Phi) is 3.42. The Labute approximate surface area is 143 Å². The van der Waals surface area contributed by atoms with Gasteiger partial charge in [0.2, 0.25) is 0 Å². The summed E-state index contributed by atoms with van der Waals surface area (Å²) >= 11 is 0. The minimum absolute atomic E-state index is 0.116. The normalized spacial score (nSPS) is 13.5. The highest BCUT2D eigenvalue weighted by atomic mass is 16.3. The SMILES string of the molecule is O=C1c2c(c(O)c3ccccc3c2O)C(=O)N1CCc1ccccc1. The molecule has 2 amide bonds. The van der Waals surface area contributed by atoms with Crippen LogP contribution in [0.5, 0.6) is 11.5 Å². The number of amides is 2. The summed E-state index contributed by atoms with van der Waals surface area (Å²) in [7, 11) is 0. The van der Waals surface area contributed by atoms with E-state index >= 15 is 0 Å². The molecule has 0 saturated heterocycles. The average molecular weight is 333 g/mol. The van der Waals surface area contributed by atoms with Gasteiger partial charge in [-0.25, -0.2) is 0 Å². The van der Waals surface area contributed by atoms with E-state index in [9.17, 15) is 19.8 Å². The van der Waals surface area contributed by atoms with Crippen molar-refractivity contribution >= 4 is 22.6 Å². The number of carbonyl (C=O) groups excluding carboxylic acids is 2. The molecule has 0 fully saturated rings. The van der Waals surface area contributed by atoms with Gasteiger partial charge >= 0.3 is 0 Å². The van der Waals surface area contributed by atoms with Gasteiger partial charge in [-0.05, 0) is 12.0 Å². The lowest BCUT2D eigenvalue weighted by Gasteiger charge is -2.13. The summed E-state index contributed by atoms with van der Waals surface area (Å²) in [6.07, 6.45) is 0.507. The summed E-state index contributed by atoms with van der Waals surface area (Å²) in [6, 6.07) is 16.1. The predicted octanol–water partition coefficient (Wildman–Crippen LogP) is 3.09. The van der Waals surface area contributed by atoms with E-state index in [-0.39, 0.29) is 29.2 Å². The van der Waals surface area contributed by atoms with Gasteiger partial charge in [0.25, 0.3) is 11.8 Å². The van der Waals surface area contributed by atoms with Crippen molar-refractivity contribution in [3.05, 3.63) is 71.3 Å². The quantitative estimate of drug-likeness (QED) is 0.570. The van der Waals surface area contributed by atoms with Gasteiger partial charge in [0, 0.05) is 17.3 Å². The highest BCUT2D eigenvalue weighted by molar-refractivity contribution is 6.27. The summed E-state index contributed by atoms with van der Waals surface area (Å²) in [6.45, 7) is 0.186. The Morgan fingerprint density at radius 3 is 1.72 bits per heavy atom. The van der Waals surface area contributed by atoms with E-state index in [0.717, 1.165) is 10.5 Å². The molecule has 5 heteroatoms. The molecule has 1 aliphatic rings. The lowest BCUT2D eigenvalue weighted by atomic mass is 9.99. The highest BCUT2D eigenvalue weighted by Crippen LogP contribution is 2.43. The first-order valence-corrected chi connectivity index (χ1v) is 7.96. The van der Waals surface area contributed by atoms with Crippen molar-refractivity contribution in [2.75, 3.05) is 6.54 Å². The lowest BCUT2D eigenvalue weighted by Crippen LogP contribution is -2.31. The Morgan fingerprint density at radius 2 is 1.20 bits per heavy atom. The summed E-state index contributed by atoms with van der Waals surface area (Å²) < 4.78 is 0. The fourth-order valence-electron chi connectivity index (χ4n) is 3.27. The molecule has 0 unspecified atom stereocenters. The van der Waals surface area contributed by atoms with Crippen molar-refractivity contribution in [2.24, 2.45) is 0 Å². The predicted molar refractivity (Wildman–Crippen MR) is 92.8 cm³/mol. The van der Waals surface area contributed by atoms with Crippen molar-refractivity contribution in [1.82, 2.24) is 4.90 Å². The van der Waals surface area contributed by atoms with Crippen LogP contribution in [0, 0.1) is 0 Å². The molecule has 0 spiro atoms. The van der Waals surface area contributed by atoms with Gasteiger partial charge in [0.1, 0.15) is 11.5 Å². The van der Waals surface area contributed by atoms with Crippen molar-refractivity contribution in [2.45, 2.75) is 6.42 Å². The molecule has 0 radical (unpaired) electrons. The maximum absolute atomic E-state index is 12.7. The van der Waals surface area contributed by atoms with E-state index in [1.54, 1.807) is 24.3 Å². The molecule has 124 valence electrons. The second-order valence-electron chi connectivity index (χ2n) is 5.99. The van der Waals surface area contributed by atoms with Gasteiger partial charge < -0.3 is 10.2 Å². The van der Waals surface area contributed by atoms with Crippen molar-refractivity contribution in [3.63, 3.8) is 0 Å². The summed E-state index contributed by atoms with van der Waals surface area (Å²) in [4.78, 5) is 26.4. The molecule has 0 bridgehead atoms. The lowest BCUT2D eigenvalue weighted by molar-refractivity contribution is 0.0655. The van der Waals surface area contributed by atoms with Gasteiger partial charge in [0.15, 0.2) is 0 Å². The fourth-order valence-corrected chi connectivity index (χ4v) is 3.27. The van der Waals surface area contributed by atoms with E-state index in [2.05, 4.69) is 0 Å². The molecule has 1 heterocycles. The Morgan fingerprint density at radius 1 is 0.720 bits per heavy atom. The molecule has 1 aliphatic heterocycles. The van der Waals surface area contributed by atoms with E-state index in [1.807, 2.05) is 30.3 Å². The van der Waals surface area contributed by atoms with Gasteiger partial charge in [-0.15, -0.1) is 0 Å².